The average Bonchev–Trinajstić information content (AvgIpc) is 2.37. The molecule has 0 unspecified atom stereocenters. The lowest BCUT2D eigenvalue weighted by atomic mass is 10.2. The Balaban J connectivity index is 1.98. The Morgan fingerprint density at radius 3 is 2.56 bits per heavy atom. The molecule has 0 saturated carbocycles. The Morgan fingerprint density at radius 2 is 1.89 bits per heavy atom. The third-order valence-electron chi connectivity index (χ3n) is 2.51. The molecule has 0 fully saturated rings. The van der Waals surface area contributed by atoms with E-state index >= 15 is 0 Å². The van der Waals surface area contributed by atoms with Gasteiger partial charge in [-0.1, -0.05) is 12.1 Å². The summed E-state index contributed by atoms with van der Waals surface area (Å²) in [5.41, 5.74) is 7.65. The lowest BCUT2D eigenvalue weighted by molar-refractivity contribution is 0.0951. The number of anilines is 1. The van der Waals surface area contributed by atoms with Crippen LogP contribution in [0.15, 0.2) is 48.5 Å². The predicted molar refractivity (Wildman–Crippen MR) is 68.4 cm³/mol. The van der Waals surface area contributed by atoms with Crippen LogP contribution in [0.25, 0.3) is 0 Å². The topological polar surface area (TPSA) is 55.1 Å². The van der Waals surface area contributed by atoms with Gasteiger partial charge in [-0.3, -0.25) is 4.79 Å². The number of nitrogens with one attached hydrogen (secondary N) is 1. The van der Waals surface area contributed by atoms with E-state index in [0.29, 0.717) is 17.8 Å². The van der Waals surface area contributed by atoms with Gasteiger partial charge < -0.3 is 11.1 Å². The highest BCUT2D eigenvalue weighted by Crippen LogP contribution is 2.07. The molecule has 0 bridgehead atoms. The van der Waals surface area contributed by atoms with E-state index in [0.717, 1.165) is 5.56 Å². The van der Waals surface area contributed by atoms with Crippen LogP contribution in [0, 0.1) is 5.82 Å². The van der Waals surface area contributed by atoms with Gasteiger partial charge >= 0.3 is 0 Å². The van der Waals surface area contributed by atoms with Gasteiger partial charge in [-0.25, -0.2) is 4.39 Å². The van der Waals surface area contributed by atoms with Crippen molar-refractivity contribution in [2.45, 2.75) is 6.54 Å². The smallest absolute Gasteiger partial charge is 0.251 e. The average molecular weight is 244 g/mol. The van der Waals surface area contributed by atoms with Gasteiger partial charge in [0.25, 0.3) is 5.91 Å². The van der Waals surface area contributed by atoms with Gasteiger partial charge in [0.2, 0.25) is 0 Å². The van der Waals surface area contributed by atoms with E-state index in [9.17, 15) is 9.18 Å². The van der Waals surface area contributed by atoms with Crippen molar-refractivity contribution in [3.63, 3.8) is 0 Å². The molecule has 18 heavy (non-hydrogen) atoms. The number of carbonyl (C=O) groups excluding carboxylic acids is 1. The SMILES string of the molecule is Nc1cccc(CNC(=O)c2ccc(F)cc2)c1. The molecule has 2 aromatic carbocycles. The molecule has 0 heterocycles. The summed E-state index contributed by atoms with van der Waals surface area (Å²) in [6.07, 6.45) is 0. The van der Waals surface area contributed by atoms with Crippen molar-refractivity contribution < 1.29 is 9.18 Å². The Morgan fingerprint density at radius 1 is 1.17 bits per heavy atom. The Hall–Kier alpha value is -2.36. The minimum absolute atomic E-state index is 0.238. The van der Waals surface area contributed by atoms with Crippen LogP contribution < -0.4 is 11.1 Å². The lowest BCUT2D eigenvalue weighted by Gasteiger charge is -2.06. The molecule has 3 N–H and O–H groups in total. The van der Waals surface area contributed by atoms with E-state index in [4.69, 9.17) is 5.73 Å². The third-order valence-corrected chi connectivity index (χ3v) is 2.51. The number of halogens is 1. The second-order valence-electron chi connectivity index (χ2n) is 3.93. The van der Waals surface area contributed by atoms with Crippen molar-refractivity contribution in [1.29, 1.82) is 0 Å². The molecule has 0 aromatic heterocycles. The number of nitrogens with two attached hydrogens (primary N) is 1. The molecule has 0 saturated heterocycles. The first-order valence-corrected chi connectivity index (χ1v) is 5.53. The highest BCUT2D eigenvalue weighted by molar-refractivity contribution is 5.94. The van der Waals surface area contributed by atoms with E-state index in [1.165, 1.54) is 24.3 Å². The van der Waals surface area contributed by atoms with Gasteiger partial charge in [0.15, 0.2) is 0 Å². The predicted octanol–water partition coefficient (Wildman–Crippen LogP) is 2.34. The summed E-state index contributed by atoms with van der Waals surface area (Å²) in [6, 6.07) is 12.7. The van der Waals surface area contributed by atoms with Crippen molar-refractivity contribution in [1.82, 2.24) is 5.32 Å². The normalized spacial score (nSPS) is 10.1. The Bertz CT molecular complexity index is 552. The van der Waals surface area contributed by atoms with E-state index < -0.39 is 0 Å². The number of amides is 1. The van der Waals surface area contributed by atoms with Gasteiger partial charge in [0.1, 0.15) is 5.82 Å². The maximum absolute atomic E-state index is 12.7. The molecule has 0 radical (unpaired) electrons. The van der Waals surface area contributed by atoms with E-state index in [1.807, 2.05) is 12.1 Å². The van der Waals surface area contributed by atoms with Crippen molar-refractivity contribution in [3.8, 4) is 0 Å². The summed E-state index contributed by atoms with van der Waals surface area (Å²) < 4.78 is 12.7. The largest absolute Gasteiger partial charge is 0.399 e. The van der Waals surface area contributed by atoms with Crippen LogP contribution in [0.2, 0.25) is 0 Å². The zero-order chi connectivity index (χ0) is 13.0. The van der Waals surface area contributed by atoms with Crippen molar-refractivity contribution in [3.05, 3.63) is 65.5 Å². The minimum Gasteiger partial charge on any atom is -0.399 e. The molecule has 0 spiro atoms. The third kappa shape index (κ3) is 3.07. The maximum atomic E-state index is 12.7. The van der Waals surface area contributed by atoms with Crippen molar-refractivity contribution in [2.24, 2.45) is 0 Å². The van der Waals surface area contributed by atoms with Gasteiger partial charge in [0, 0.05) is 17.8 Å². The molecule has 0 aliphatic carbocycles. The first kappa shape index (κ1) is 12.1. The van der Waals surface area contributed by atoms with E-state index in [-0.39, 0.29) is 11.7 Å². The molecular formula is C14H13FN2O. The maximum Gasteiger partial charge on any atom is 0.251 e. The molecule has 0 aliphatic heterocycles. The number of hydrogen-bond donors (Lipinski definition) is 2. The zero-order valence-corrected chi connectivity index (χ0v) is 9.69. The first-order chi connectivity index (χ1) is 8.65. The number of carbonyl (C=O) groups is 1. The number of hydrogen-bond acceptors (Lipinski definition) is 2. The van der Waals surface area contributed by atoms with Crippen LogP contribution in [0.5, 0.6) is 0 Å². The summed E-state index contributed by atoms with van der Waals surface area (Å²) in [7, 11) is 0. The van der Waals surface area contributed by atoms with Crippen LogP contribution in [-0.2, 0) is 6.54 Å². The second kappa shape index (κ2) is 5.31. The standard InChI is InChI=1S/C14H13FN2O/c15-12-6-4-11(5-7-12)14(18)17-9-10-2-1-3-13(16)8-10/h1-8H,9,16H2,(H,17,18). The number of benzene rings is 2. The van der Waals surface area contributed by atoms with Crippen LogP contribution >= 0.6 is 0 Å². The summed E-state index contributed by atoms with van der Waals surface area (Å²) in [5.74, 6) is -0.597. The molecular weight excluding hydrogens is 231 g/mol. The quantitative estimate of drug-likeness (QED) is 0.814. The molecule has 2 rings (SSSR count). The van der Waals surface area contributed by atoms with Gasteiger partial charge in [0.05, 0.1) is 0 Å². The highest BCUT2D eigenvalue weighted by Gasteiger charge is 2.04. The second-order valence-corrected chi connectivity index (χ2v) is 3.93. The molecule has 92 valence electrons. The molecule has 2 aromatic rings. The summed E-state index contributed by atoms with van der Waals surface area (Å²) >= 11 is 0. The zero-order valence-electron chi connectivity index (χ0n) is 9.69. The summed E-state index contributed by atoms with van der Waals surface area (Å²) in [6.45, 7) is 0.390. The van der Waals surface area contributed by atoms with Crippen LogP contribution in [0.4, 0.5) is 10.1 Å². The molecule has 4 heteroatoms. The van der Waals surface area contributed by atoms with Gasteiger partial charge in [-0.15, -0.1) is 0 Å². The summed E-state index contributed by atoms with van der Waals surface area (Å²) in [5, 5.41) is 2.74. The molecule has 1 amide bonds. The molecule has 0 atom stereocenters. The first-order valence-electron chi connectivity index (χ1n) is 5.53. The number of nitrogen functional groups attached to an aromatic ring is 1. The Labute approximate surface area is 104 Å². The molecule has 3 nitrogen and oxygen atoms in total. The van der Waals surface area contributed by atoms with Gasteiger partial charge in [-0.2, -0.15) is 0 Å². The minimum atomic E-state index is -0.359. The van der Waals surface area contributed by atoms with E-state index in [2.05, 4.69) is 5.32 Å². The van der Waals surface area contributed by atoms with E-state index in [1.54, 1.807) is 12.1 Å². The van der Waals surface area contributed by atoms with Crippen LogP contribution in [0.1, 0.15) is 15.9 Å². The van der Waals surface area contributed by atoms with Crippen LogP contribution in [-0.4, -0.2) is 5.91 Å². The fourth-order valence-corrected chi connectivity index (χ4v) is 1.59. The van der Waals surface area contributed by atoms with Crippen LogP contribution in [0.3, 0.4) is 0 Å². The Kier molecular flexibility index (Phi) is 3.57. The fraction of sp³-hybridized carbons (Fsp3) is 0.0714. The molecule has 0 aliphatic rings. The highest BCUT2D eigenvalue weighted by atomic mass is 19.1. The van der Waals surface area contributed by atoms with Crippen molar-refractivity contribution in [2.75, 3.05) is 5.73 Å². The number of rotatable bonds is 3. The fourth-order valence-electron chi connectivity index (χ4n) is 1.59. The monoisotopic (exact) mass is 244 g/mol. The summed E-state index contributed by atoms with van der Waals surface area (Å²) in [4.78, 5) is 11.7. The van der Waals surface area contributed by atoms with Crippen molar-refractivity contribution >= 4 is 11.6 Å². The lowest BCUT2D eigenvalue weighted by Crippen LogP contribution is -2.22. The van der Waals surface area contributed by atoms with Gasteiger partial charge in [-0.05, 0) is 42.0 Å².